The van der Waals surface area contributed by atoms with Crippen molar-refractivity contribution in [3.63, 3.8) is 0 Å². The Morgan fingerprint density at radius 1 is 1.29 bits per heavy atom. The summed E-state index contributed by atoms with van der Waals surface area (Å²) in [6.45, 7) is 0. The van der Waals surface area contributed by atoms with Crippen molar-refractivity contribution in [2.24, 2.45) is 0 Å². The van der Waals surface area contributed by atoms with Gasteiger partial charge < -0.3 is 11.1 Å². The fourth-order valence-electron chi connectivity index (χ4n) is 1.68. The van der Waals surface area contributed by atoms with Crippen LogP contribution >= 0.6 is 39.3 Å². The molecule has 3 nitrogen and oxygen atoms in total. The van der Waals surface area contributed by atoms with Gasteiger partial charge in [-0.1, -0.05) is 33.6 Å². The number of rotatable bonds is 5. The number of carbonyl (C=O) groups is 1. The molecule has 0 saturated heterocycles. The topological polar surface area (TPSA) is 55.1 Å². The molecule has 0 radical (unpaired) electrons. The number of nitrogens with one attached hydrogen (secondary N) is 1. The standard InChI is InChI=1S/C15H14BrClN2OS/c16-10-2-1-3-12(8-10)21-7-6-15(20)19-14-5-4-11(17)9-13(14)18/h1-5,8-9H,6-7,18H2,(H,19,20). The second-order valence-corrected chi connectivity index (χ2v) is 6.86. The van der Waals surface area contributed by atoms with Gasteiger partial charge in [0.1, 0.15) is 0 Å². The SMILES string of the molecule is Nc1cc(Cl)ccc1NC(=O)CCSc1cccc(Br)c1. The maximum absolute atomic E-state index is 11.9. The molecule has 1 amide bonds. The Balaban J connectivity index is 1.82. The van der Waals surface area contributed by atoms with E-state index in [1.165, 1.54) is 0 Å². The number of carbonyl (C=O) groups excluding carboxylic acids is 1. The molecular formula is C15H14BrClN2OS. The van der Waals surface area contributed by atoms with Crippen LogP contribution in [0.5, 0.6) is 0 Å². The zero-order chi connectivity index (χ0) is 15.2. The molecule has 0 bridgehead atoms. The average Bonchev–Trinajstić information content (AvgIpc) is 2.42. The molecular weight excluding hydrogens is 372 g/mol. The number of amides is 1. The Morgan fingerprint density at radius 3 is 2.81 bits per heavy atom. The van der Waals surface area contributed by atoms with Crippen LogP contribution in [0.4, 0.5) is 11.4 Å². The number of hydrogen-bond acceptors (Lipinski definition) is 3. The molecule has 0 aliphatic heterocycles. The fourth-order valence-corrected chi connectivity index (χ4v) is 3.32. The third-order valence-electron chi connectivity index (χ3n) is 2.68. The number of halogens is 2. The molecule has 0 saturated carbocycles. The number of benzene rings is 2. The van der Waals surface area contributed by atoms with Crippen molar-refractivity contribution in [2.45, 2.75) is 11.3 Å². The lowest BCUT2D eigenvalue weighted by Crippen LogP contribution is -2.13. The smallest absolute Gasteiger partial charge is 0.225 e. The van der Waals surface area contributed by atoms with Gasteiger partial charge in [-0.25, -0.2) is 0 Å². The van der Waals surface area contributed by atoms with Crippen molar-refractivity contribution in [3.05, 3.63) is 52.0 Å². The van der Waals surface area contributed by atoms with Crippen LogP contribution in [0.25, 0.3) is 0 Å². The number of nitrogens with two attached hydrogens (primary N) is 1. The van der Waals surface area contributed by atoms with Gasteiger partial charge in [-0.15, -0.1) is 11.8 Å². The zero-order valence-corrected chi connectivity index (χ0v) is 14.3. The van der Waals surface area contributed by atoms with Gasteiger partial charge in [0, 0.05) is 26.6 Å². The quantitative estimate of drug-likeness (QED) is 0.574. The molecule has 2 aromatic carbocycles. The van der Waals surface area contributed by atoms with Crippen LogP contribution in [0.3, 0.4) is 0 Å². The van der Waals surface area contributed by atoms with Crippen LogP contribution in [0.1, 0.15) is 6.42 Å². The number of anilines is 2. The Kier molecular flexibility index (Phi) is 5.96. The highest BCUT2D eigenvalue weighted by Gasteiger charge is 2.06. The van der Waals surface area contributed by atoms with Crippen LogP contribution in [0.15, 0.2) is 51.8 Å². The lowest BCUT2D eigenvalue weighted by atomic mass is 10.2. The molecule has 0 aromatic heterocycles. The monoisotopic (exact) mass is 384 g/mol. The van der Waals surface area contributed by atoms with E-state index in [4.69, 9.17) is 17.3 Å². The van der Waals surface area contributed by atoms with Gasteiger partial charge >= 0.3 is 0 Å². The molecule has 21 heavy (non-hydrogen) atoms. The van der Waals surface area contributed by atoms with Crippen LogP contribution in [0, 0.1) is 0 Å². The molecule has 0 aliphatic carbocycles. The molecule has 2 rings (SSSR count). The van der Waals surface area contributed by atoms with Crippen molar-refractivity contribution >= 4 is 56.6 Å². The third-order valence-corrected chi connectivity index (χ3v) is 4.41. The Labute approximate surface area is 141 Å². The zero-order valence-electron chi connectivity index (χ0n) is 11.1. The molecule has 0 spiro atoms. The summed E-state index contributed by atoms with van der Waals surface area (Å²) in [5, 5.41) is 3.34. The molecule has 0 fully saturated rings. The summed E-state index contributed by atoms with van der Waals surface area (Å²) < 4.78 is 1.03. The highest BCUT2D eigenvalue weighted by atomic mass is 79.9. The van der Waals surface area contributed by atoms with Gasteiger partial charge in [0.15, 0.2) is 0 Å². The van der Waals surface area contributed by atoms with E-state index in [0.717, 1.165) is 9.37 Å². The van der Waals surface area contributed by atoms with E-state index < -0.39 is 0 Å². The normalized spacial score (nSPS) is 10.4. The van der Waals surface area contributed by atoms with E-state index in [1.54, 1.807) is 30.0 Å². The van der Waals surface area contributed by atoms with Gasteiger partial charge in [-0.3, -0.25) is 4.79 Å². The predicted molar refractivity (Wildman–Crippen MR) is 94.0 cm³/mol. The minimum absolute atomic E-state index is 0.0634. The first-order chi connectivity index (χ1) is 10.0. The molecule has 3 N–H and O–H groups in total. The molecule has 0 heterocycles. The average molecular weight is 386 g/mol. The van der Waals surface area contributed by atoms with E-state index in [-0.39, 0.29) is 5.91 Å². The second-order valence-electron chi connectivity index (χ2n) is 4.34. The highest BCUT2D eigenvalue weighted by Crippen LogP contribution is 2.24. The largest absolute Gasteiger partial charge is 0.397 e. The highest BCUT2D eigenvalue weighted by molar-refractivity contribution is 9.10. The predicted octanol–water partition coefficient (Wildman–Crippen LogP) is 4.81. The number of thioether (sulfide) groups is 1. The Hall–Kier alpha value is -1.17. The van der Waals surface area contributed by atoms with Gasteiger partial charge in [-0.05, 0) is 36.4 Å². The molecule has 110 valence electrons. The fraction of sp³-hybridized carbons (Fsp3) is 0.133. The van der Waals surface area contributed by atoms with Gasteiger partial charge in [0.25, 0.3) is 0 Å². The number of hydrogen-bond donors (Lipinski definition) is 2. The summed E-state index contributed by atoms with van der Waals surface area (Å²) >= 11 is 10.9. The van der Waals surface area contributed by atoms with Crippen molar-refractivity contribution < 1.29 is 4.79 Å². The summed E-state index contributed by atoms with van der Waals surface area (Å²) in [5.74, 6) is 0.641. The first-order valence-corrected chi connectivity index (χ1v) is 8.43. The molecule has 6 heteroatoms. The van der Waals surface area contributed by atoms with Gasteiger partial charge in [0.05, 0.1) is 11.4 Å². The summed E-state index contributed by atoms with van der Waals surface area (Å²) in [7, 11) is 0. The van der Waals surface area contributed by atoms with Crippen molar-refractivity contribution in [1.82, 2.24) is 0 Å². The van der Waals surface area contributed by atoms with Crippen LogP contribution < -0.4 is 11.1 Å². The first kappa shape index (κ1) is 16.2. The summed E-state index contributed by atoms with van der Waals surface area (Å²) in [5.41, 5.74) is 6.86. The molecule has 2 aromatic rings. The van der Waals surface area contributed by atoms with Gasteiger partial charge in [0.2, 0.25) is 5.91 Å². The first-order valence-electron chi connectivity index (χ1n) is 6.28. The lowest BCUT2D eigenvalue weighted by Gasteiger charge is -2.08. The summed E-state index contributed by atoms with van der Waals surface area (Å²) in [6.07, 6.45) is 0.416. The molecule has 0 aliphatic rings. The third kappa shape index (κ3) is 5.26. The lowest BCUT2D eigenvalue weighted by molar-refractivity contribution is -0.115. The maximum atomic E-state index is 11.9. The summed E-state index contributed by atoms with van der Waals surface area (Å²) in [6, 6.07) is 13.0. The van der Waals surface area contributed by atoms with Crippen LogP contribution in [-0.2, 0) is 4.79 Å². The summed E-state index contributed by atoms with van der Waals surface area (Å²) in [4.78, 5) is 13.0. The van der Waals surface area contributed by atoms with E-state index >= 15 is 0 Å². The Bertz CT molecular complexity index is 651. The molecule has 0 atom stereocenters. The van der Waals surface area contributed by atoms with E-state index in [2.05, 4.69) is 21.2 Å². The Morgan fingerprint density at radius 2 is 2.10 bits per heavy atom. The minimum atomic E-state index is -0.0634. The van der Waals surface area contributed by atoms with Gasteiger partial charge in [-0.2, -0.15) is 0 Å². The van der Waals surface area contributed by atoms with Crippen LogP contribution in [-0.4, -0.2) is 11.7 Å². The van der Waals surface area contributed by atoms with Crippen molar-refractivity contribution in [1.29, 1.82) is 0 Å². The molecule has 0 unspecified atom stereocenters. The number of nitrogen functional groups attached to an aromatic ring is 1. The second kappa shape index (κ2) is 7.73. The van der Waals surface area contributed by atoms with E-state index in [9.17, 15) is 4.79 Å². The van der Waals surface area contributed by atoms with Crippen LogP contribution in [0.2, 0.25) is 5.02 Å². The van der Waals surface area contributed by atoms with Crippen molar-refractivity contribution in [3.8, 4) is 0 Å². The van der Waals surface area contributed by atoms with E-state index in [1.807, 2.05) is 24.3 Å². The maximum Gasteiger partial charge on any atom is 0.225 e. The van der Waals surface area contributed by atoms with Crippen molar-refractivity contribution in [2.75, 3.05) is 16.8 Å². The minimum Gasteiger partial charge on any atom is -0.397 e. The van der Waals surface area contributed by atoms with E-state index in [0.29, 0.717) is 28.6 Å².